The summed E-state index contributed by atoms with van der Waals surface area (Å²) in [6.07, 6.45) is 0. The molecule has 1 unspecified atom stereocenters. The van der Waals surface area contributed by atoms with E-state index in [0.29, 0.717) is 0 Å². The Morgan fingerprint density at radius 3 is 2.56 bits per heavy atom. The topological polar surface area (TPSA) is 45.2 Å². The first-order valence-corrected chi connectivity index (χ1v) is 8.77. The summed E-state index contributed by atoms with van der Waals surface area (Å²) in [7, 11) is 0. The van der Waals surface area contributed by atoms with Crippen LogP contribution >= 0.6 is 0 Å². The molecule has 0 aliphatic carbocycles. The summed E-state index contributed by atoms with van der Waals surface area (Å²) in [5.74, 6) is -0.357. The van der Waals surface area contributed by atoms with Crippen molar-refractivity contribution in [2.45, 2.75) is 19.8 Å². The fraction of sp³-hybridized carbons (Fsp3) is 0.238. The number of nitrogens with zero attached hydrogens (tertiary/aromatic N) is 2. The number of nitrogens with one attached hydrogen (secondary N) is 1. The van der Waals surface area contributed by atoms with Crippen LogP contribution in [0.15, 0.2) is 54.6 Å². The Balaban J connectivity index is 1.93. The minimum atomic E-state index is -0.352. The van der Waals surface area contributed by atoms with E-state index in [4.69, 9.17) is 4.98 Å². The van der Waals surface area contributed by atoms with E-state index in [9.17, 15) is 4.79 Å². The first-order chi connectivity index (χ1) is 12.2. The maximum atomic E-state index is 12.6. The molecule has 3 aromatic rings. The molecule has 2 heterocycles. The zero-order valence-electron chi connectivity index (χ0n) is 14.5. The number of fused-ring (bicyclic) bond motifs is 2. The van der Waals surface area contributed by atoms with Crippen molar-refractivity contribution < 1.29 is 4.79 Å². The van der Waals surface area contributed by atoms with Crippen molar-refractivity contribution >= 4 is 28.2 Å². The van der Waals surface area contributed by atoms with Crippen molar-refractivity contribution in [1.82, 2.24) is 4.98 Å². The number of carbonyl (C=O) groups is 1. The molecule has 126 valence electrons. The molecule has 4 rings (SSSR count). The summed E-state index contributed by atoms with van der Waals surface area (Å²) in [5.41, 5.74) is 4.77. The van der Waals surface area contributed by atoms with Gasteiger partial charge in [-0.2, -0.15) is 0 Å². The zero-order chi connectivity index (χ0) is 17.4. The highest BCUT2D eigenvalue weighted by Gasteiger charge is 2.33. The number of aromatic nitrogens is 1. The van der Waals surface area contributed by atoms with Gasteiger partial charge < -0.3 is 10.2 Å². The van der Waals surface area contributed by atoms with Gasteiger partial charge >= 0.3 is 0 Å². The predicted octanol–water partition coefficient (Wildman–Crippen LogP) is 4.17. The molecule has 0 radical (unpaired) electrons. The monoisotopic (exact) mass is 331 g/mol. The molecular weight excluding hydrogens is 310 g/mol. The molecule has 1 amide bonds. The van der Waals surface area contributed by atoms with Crippen molar-refractivity contribution in [2.24, 2.45) is 0 Å². The lowest BCUT2D eigenvalue weighted by Crippen LogP contribution is -2.23. The lowest BCUT2D eigenvalue weighted by molar-refractivity contribution is -0.116. The van der Waals surface area contributed by atoms with E-state index in [0.717, 1.165) is 46.6 Å². The highest BCUT2D eigenvalue weighted by molar-refractivity contribution is 6.05. The highest BCUT2D eigenvalue weighted by atomic mass is 16.2. The number of pyridine rings is 1. The van der Waals surface area contributed by atoms with Gasteiger partial charge in [-0.25, -0.2) is 0 Å². The van der Waals surface area contributed by atoms with Gasteiger partial charge in [0.1, 0.15) is 5.92 Å². The van der Waals surface area contributed by atoms with Crippen LogP contribution < -0.4 is 10.2 Å². The second-order valence-electron chi connectivity index (χ2n) is 6.27. The van der Waals surface area contributed by atoms with Crippen molar-refractivity contribution in [1.29, 1.82) is 0 Å². The van der Waals surface area contributed by atoms with Gasteiger partial charge in [0.15, 0.2) is 0 Å². The highest BCUT2D eigenvalue weighted by Crippen LogP contribution is 2.38. The van der Waals surface area contributed by atoms with Gasteiger partial charge in [0, 0.05) is 29.9 Å². The van der Waals surface area contributed by atoms with E-state index >= 15 is 0 Å². The first-order valence-electron chi connectivity index (χ1n) is 8.77. The largest absolute Gasteiger partial charge is 0.371 e. The van der Waals surface area contributed by atoms with Crippen LogP contribution in [0.5, 0.6) is 0 Å². The molecule has 1 aliphatic heterocycles. The lowest BCUT2D eigenvalue weighted by atomic mass is 9.95. The normalized spacial score (nSPS) is 15.9. The standard InChI is InChI=1S/C21H21N3O/c1-3-24(4-2)19-13-18(22-16-11-7-5-9-14(16)19)20-15-10-6-8-12-17(15)23-21(20)25/h5-13,20H,3-4H2,1-2H3,(H,23,25). The van der Waals surface area contributed by atoms with Crippen LogP contribution in [0, 0.1) is 0 Å². The quantitative estimate of drug-likeness (QED) is 0.780. The second kappa shape index (κ2) is 6.20. The number of hydrogen-bond acceptors (Lipinski definition) is 3. The van der Waals surface area contributed by atoms with Gasteiger partial charge in [-0.3, -0.25) is 9.78 Å². The van der Waals surface area contributed by atoms with Crippen LogP contribution in [0.2, 0.25) is 0 Å². The van der Waals surface area contributed by atoms with Crippen molar-refractivity contribution in [3.63, 3.8) is 0 Å². The van der Waals surface area contributed by atoms with Crippen molar-refractivity contribution in [2.75, 3.05) is 23.3 Å². The Kier molecular flexibility index (Phi) is 3.88. The average molecular weight is 331 g/mol. The van der Waals surface area contributed by atoms with E-state index in [1.807, 2.05) is 42.5 Å². The summed E-state index contributed by atoms with van der Waals surface area (Å²) in [5, 5.41) is 4.10. The van der Waals surface area contributed by atoms with Crippen LogP contribution in [-0.4, -0.2) is 24.0 Å². The lowest BCUT2D eigenvalue weighted by Gasteiger charge is -2.24. The molecule has 0 fully saturated rings. The molecule has 0 saturated heterocycles. The number of amides is 1. The van der Waals surface area contributed by atoms with E-state index in [-0.39, 0.29) is 11.8 Å². The van der Waals surface area contributed by atoms with Gasteiger partial charge in [0.05, 0.1) is 11.2 Å². The fourth-order valence-corrected chi connectivity index (χ4v) is 3.65. The summed E-state index contributed by atoms with van der Waals surface area (Å²) in [6.45, 7) is 6.13. The van der Waals surface area contributed by atoms with Crippen LogP contribution in [-0.2, 0) is 4.79 Å². The van der Waals surface area contributed by atoms with Crippen molar-refractivity contribution in [3.05, 3.63) is 65.9 Å². The second-order valence-corrected chi connectivity index (χ2v) is 6.27. The van der Waals surface area contributed by atoms with Crippen molar-refractivity contribution in [3.8, 4) is 0 Å². The third-order valence-corrected chi connectivity index (χ3v) is 4.91. The summed E-state index contributed by atoms with van der Waals surface area (Å²) < 4.78 is 0. The van der Waals surface area contributed by atoms with Gasteiger partial charge in [0.2, 0.25) is 5.91 Å². The molecule has 2 aromatic carbocycles. The smallest absolute Gasteiger partial charge is 0.238 e. The summed E-state index contributed by atoms with van der Waals surface area (Å²) >= 11 is 0. The van der Waals surface area contributed by atoms with Gasteiger partial charge in [-0.15, -0.1) is 0 Å². The molecule has 1 N–H and O–H groups in total. The Morgan fingerprint density at radius 2 is 1.76 bits per heavy atom. The number of rotatable bonds is 4. The Bertz CT molecular complexity index is 947. The van der Waals surface area contributed by atoms with Crippen LogP contribution in [0.25, 0.3) is 10.9 Å². The van der Waals surface area contributed by atoms with Gasteiger partial charge in [-0.05, 0) is 37.6 Å². The minimum Gasteiger partial charge on any atom is -0.371 e. The van der Waals surface area contributed by atoms with E-state index < -0.39 is 0 Å². The van der Waals surface area contributed by atoms with E-state index in [2.05, 4.69) is 36.2 Å². The van der Waals surface area contributed by atoms with E-state index in [1.165, 1.54) is 0 Å². The molecular formula is C21H21N3O. The number of hydrogen-bond donors (Lipinski definition) is 1. The number of para-hydroxylation sites is 2. The fourth-order valence-electron chi connectivity index (χ4n) is 3.65. The maximum Gasteiger partial charge on any atom is 0.238 e. The number of anilines is 2. The van der Waals surface area contributed by atoms with Gasteiger partial charge in [-0.1, -0.05) is 36.4 Å². The molecule has 1 aromatic heterocycles. The van der Waals surface area contributed by atoms with Gasteiger partial charge in [0.25, 0.3) is 0 Å². The molecule has 4 nitrogen and oxygen atoms in total. The molecule has 25 heavy (non-hydrogen) atoms. The summed E-state index contributed by atoms with van der Waals surface area (Å²) in [6, 6.07) is 18.1. The summed E-state index contributed by atoms with van der Waals surface area (Å²) in [4.78, 5) is 19.8. The Labute approximate surface area is 147 Å². The predicted molar refractivity (Wildman–Crippen MR) is 102 cm³/mol. The number of benzene rings is 2. The maximum absolute atomic E-state index is 12.6. The third-order valence-electron chi connectivity index (χ3n) is 4.91. The SMILES string of the molecule is CCN(CC)c1cc(C2C(=O)Nc3ccccc32)nc2ccccc12. The Morgan fingerprint density at radius 1 is 1.04 bits per heavy atom. The minimum absolute atomic E-state index is 0.00511. The molecule has 0 bridgehead atoms. The zero-order valence-corrected chi connectivity index (χ0v) is 14.5. The third kappa shape index (κ3) is 2.54. The molecule has 4 heteroatoms. The Hall–Kier alpha value is -2.88. The molecule has 1 aliphatic rings. The molecule has 0 spiro atoms. The van der Waals surface area contributed by atoms with Crippen LogP contribution in [0.4, 0.5) is 11.4 Å². The van der Waals surface area contributed by atoms with Crippen LogP contribution in [0.3, 0.4) is 0 Å². The molecule has 1 atom stereocenters. The molecule has 0 saturated carbocycles. The van der Waals surface area contributed by atoms with Crippen LogP contribution in [0.1, 0.15) is 31.0 Å². The number of carbonyl (C=O) groups excluding carboxylic acids is 1. The van der Waals surface area contributed by atoms with E-state index in [1.54, 1.807) is 0 Å². The average Bonchev–Trinajstić information content (AvgIpc) is 2.98. The first kappa shape index (κ1) is 15.6.